The summed E-state index contributed by atoms with van der Waals surface area (Å²) >= 11 is 0. The number of imidazole rings is 1. The van der Waals surface area contributed by atoms with Crippen molar-refractivity contribution in [2.24, 2.45) is 17.8 Å². The lowest BCUT2D eigenvalue weighted by Crippen LogP contribution is -2.31. The molecule has 0 aliphatic carbocycles. The summed E-state index contributed by atoms with van der Waals surface area (Å²) in [6.45, 7) is 2.64. The van der Waals surface area contributed by atoms with E-state index in [-0.39, 0.29) is 0 Å². The third-order valence-electron chi connectivity index (χ3n) is 2.80. The summed E-state index contributed by atoms with van der Waals surface area (Å²) in [5, 5.41) is 3.01. The molecule has 5 nitrogen and oxygen atoms in total. The second-order valence-corrected chi connectivity index (χ2v) is 4.04. The minimum Gasteiger partial charge on any atom is -0.370 e. The molecule has 3 N–H and O–H groups in total. The molecule has 0 spiro atoms. The second-order valence-electron chi connectivity index (χ2n) is 4.04. The number of hydrogen-bond acceptors (Lipinski definition) is 2. The fourth-order valence-electron chi connectivity index (χ4n) is 1.77. The van der Waals surface area contributed by atoms with Gasteiger partial charge in [-0.2, -0.15) is 0 Å². The van der Waals surface area contributed by atoms with Crippen molar-refractivity contribution in [2.75, 3.05) is 7.05 Å². The minimum absolute atomic E-state index is 0.424. The number of aliphatic imine (C=N–C) groups is 1. The van der Waals surface area contributed by atoms with Crippen LogP contribution in [0, 0.1) is 6.92 Å². The number of aryl methyl sites for hydroxylation is 2. The van der Waals surface area contributed by atoms with E-state index in [2.05, 4.69) is 45.0 Å². The van der Waals surface area contributed by atoms with Gasteiger partial charge in [-0.05, 0) is 24.6 Å². The molecule has 0 atom stereocenters. The number of nitrogens with one attached hydrogen (secondary N) is 1. The van der Waals surface area contributed by atoms with Crippen molar-refractivity contribution in [3.8, 4) is 0 Å². The highest BCUT2D eigenvalue weighted by Crippen LogP contribution is 2.16. The van der Waals surface area contributed by atoms with E-state index in [1.807, 2.05) is 7.05 Å². The molecule has 2 aromatic rings. The van der Waals surface area contributed by atoms with E-state index in [1.165, 1.54) is 5.56 Å². The molecule has 0 amide bonds. The Kier molecular flexibility index (Phi) is 2.99. The topological polar surface area (TPSA) is 68.2 Å². The number of rotatable bonds is 2. The quantitative estimate of drug-likeness (QED) is 0.596. The van der Waals surface area contributed by atoms with Crippen LogP contribution in [-0.4, -0.2) is 22.6 Å². The lowest BCUT2D eigenvalue weighted by Gasteiger charge is -2.04. The number of guanidine groups is 1. The zero-order chi connectivity index (χ0) is 12.4. The van der Waals surface area contributed by atoms with Gasteiger partial charge in [-0.3, -0.25) is 4.99 Å². The van der Waals surface area contributed by atoms with Crippen molar-refractivity contribution >= 4 is 17.0 Å². The molecule has 0 bridgehead atoms. The first-order chi connectivity index (χ1) is 8.11. The molecule has 0 aliphatic rings. The van der Waals surface area contributed by atoms with E-state index in [9.17, 15) is 0 Å². The first kappa shape index (κ1) is 11.4. The van der Waals surface area contributed by atoms with E-state index in [0.717, 1.165) is 16.9 Å². The van der Waals surface area contributed by atoms with Gasteiger partial charge in [-0.15, -0.1) is 0 Å². The maximum absolute atomic E-state index is 5.59. The Bertz CT molecular complexity index is 568. The van der Waals surface area contributed by atoms with E-state index in [0.29, 0.717) is 12.5 Å². The van der Waals surface area contributed by atoms with Gasteiger partial charge in [0.1, 0.15) is 5.82 Å². The van der Waals surface area contributed by atoms with Crippen LogP contribution in [0.4, 0.5) is 0 Å². The standard InChI is InChI=1S/C12H17N5/c1-8-4-5-10-9(6-8)16-11(17(10)3)7-15-12(13)14-2/h4-6H,7H2,1-3H3,(H3,13,14,15). The zero-order valence-electron chi connectivity index (χ0n) is 10.4. The normalized spacial score (nSPS) is 12.1. The number of benzene rings is 1. The van der Waals surface area contributed by atoms with E-state index >= 15 is 0 Å². The summed E-state index contributed by atoms with van der Waals surface area (Å²) in [5.41, 5.74) is 8.94. The molecule has 90 valence electrons. The summed E-state index contributed by atoms with van der Waals surface area (Å²) < 4.78 is 2.06. The fraction of sp³-hybridized carbons (Fsp3) is 0.333. The Morgan fingerprint density at radius 3 is 3.00 bits per heavy atom. The summed E-state index contributed by atoms with van der Waals surface area (Å²) in [4.78, 5) is 8.42. The third-order valence-corrected chi connectivity index (χ3v) is 2.80. The highest BCUT2D eigenvalue weighted by atomic mass is 15.1. The highest BCUT2D eigenvalue weighted by molar-refractivity contribution is 5.78. The van der Waals surface area contributed by atoms with Gasteiger partial charge >= 0.3 is 0 Å². The molecule has 1 aromatic heterocycles. The van der Waals surface area contributed by atoms with Gasteiger partial charge in [0.2, 0.25) is 0 Å². The van der Waals surface area contributed by atoms with Gasteiger partial charge in [-0.25, -0.2) is 4.98 Å². The Hall–Kier alpha value is -2.04. The summed E-state index contributed by atoms with van der Waals surface area (Å²) in [7, 11) is 3.65. The van der Waals surface area contributed by atoms with E-state index < -0.39 is 0 Å². The smallest absolute Gasteiger partial charge is 0.188 e. The molecule has 1 heterocycles. The Balaban J connectivity index is 2.32. The molecular weight excluding hydrogens is 214 g/mol. The van der Waals surface area contributed by atoms with E-state index in [1.54, 1.807) is 7.05 Å². The van der Waals surface area contributed by atoms with Gasteiger partial charge in [0.05, 0.1) is 17.6 Å². The molecule has 0 saturated carbocycles. The molecule has 0 aliphatic heterocycles. The number of nitrogens with two attached hydrogens (primary N) is 1. The van der Waals surface area contributed by atoms with Crippen molar-refractivity contribution in [2.45, 2.75) is 13.5 Å². The van der Waals surface area contributed by atoms with Crippen LogP contribution < -0.4 is 11.1 Å². The highest BCUT2D eigenvalue weighted by Gasteiger charge is 2.07. The number of aromatic nitrogens is 2. The van der Waals surface area contributed by atoms with E-state index in [4.69, 9.17) is 5.73 Å². The Morgan fingerprint density at radius 1 is 1.53 bits per heavy atom. The van der Waals surface area contributed by atoms with Crippen LogP contribution in [0.1, 0.15) is 11.4 Å². The van der Waals surface area contributed by atoms with Crippen molar-refractivity contribution in [1.82, 2.24) is 14.9 Å². The Morgan fingerprint density at radius 2 is 2.29 bits per heavy atom. The molecule has 0 radical (unpaired) electrons. The van der Waals surface area contributed by atoms with Crippen LogP contribution in [0.3, 0.4) is 0 Å². The minimum atomic E-state index is 0.424. The maximum Gasteiger partial charge on any atom is 0.188 e. The zero-order valence-corrected chi connectivity index (χ0v) is 10.4. The molecule has 1 aromatic carbocycles. The Labute approximate surface area is 100 Å². The van der Waals surface area contributed by atoms with Crippen molar-refractivity contribution in [3.63, 3.8) is 0 Å². The van der Waals surface area contributed by atoms with Crippen LogP contribution in [0.25, 0.3) is 11.0 Å². The molecule has 5 heteroatoms. The summed E-state index contributed by atoms with van der Waals surface area (Å²) in [6, 6.07) is 6.25. The molecule has 2 rings (SSSR count). The van der Waals surface area contributed by atoms with Gasteiger partial charge in [-0.1, -0.05) is 6.07 Å². The second kappa shape index (κ2) is 4.45. The first-order valence-corrected chi connectivity index (χ1v) is 5.50. The molecule has 0 saturated heterocycles. The van der Waals surface area contributed by atoms with Crippen LogP contribution in [-0.2, 0) is 13.6 Å². The SMILES string of the molecule is CN=C(N)NCc1nc2cc(C)ccc2n1C. The van der Waals surface area contributed by atoms with Gasteiger partial charge in [0.15, 0.2) is 5.96 Å². The number of fused-ring (bicyclic) bond motifs is 1. The van der Waals surface area contributed by atoms with Crippen molar-refractivity contribution < 1.29 is 0 Å². The molecule has 0 unspecified atom stereocenters. The van der Waals surface area contributed by atoms with Crippen LogP contribution in [0.2, 0.25) is 0 Å². The monoisotopic (exact) mass is 231 g/mol. The predicted molar refractivity (Wildman–Crippen MR) is 69.8 cm³/mol. The van der Waals surface area contributed by atoms with Crippen LogP contribution in [0.15, 0.2) is 23.2 Å². The number of nitrogens with zero attached hydrogens (tertiary/aromatic N) is 3. The van der Waals surface area contributed by atoms with Crippen LogP contribution >= 0.6 is 0 Å². The average molecular weight is 231 g/mol. The maximum atomic E-state index is 5.59. The van der Waals surface area contributed by atoms with Gasteiger partial charge < -0.3 is 15.6 Å². The lowest BCUT2D eigenvalue weighted by atomic mass is 10.2. The average Bonchev–Trinajstić information content (AvgIpc) is 2.62. The third kappa shape index (κ3) is 2.22. The summed E-state index contributed by atoms with van der Waals surface area (Å²) in [6.07, 6.45) is 0. The largest absolute Gasteiger partial charge is 0.370 e. The van der Waals surface area contributed by atoms with Crippen LogP contribution in [0.5, 0.6) is 0 Å². The van der Waals surface area contributed by atoms with Crippen molar-refractivity contribution in [3.05, 3.63) is 29.6 Å². The van der Waals surface area contributed by atoms with Gasteiger partial charge in [0, 0.05) is 14.1 Å². The molecular formula is C12H17N5. The first-order valence-electron chi connectivity index (χ1n) is 5.50. The lowest BCUT2D eigenvalue weighted by molar-refractivity contribution is 0.760. The molecule has 17 heavy (non-hydrogen) atoms. The molecule has 0 fully saturated rings. The summed E-state index contributed by atoms with van der Waals surface area (Å²) in [5.74, 6) is 1.37. The predicted octanol–water partition coefficient (Wildman–Crippen LogP) is 0.916. The fourth-order valence-corrected chi connectivity index (χ4v) is 1.77. The number of hydrogen-bond donors (Lipinski definition) is 2. The van der Waals surface area contributed by atoms with Gasteiger partial charge in [0.25, 0.3) is 0 Å². The van der Waals surface area contributed by atoms with Crippen molar-refractivity contribution in [1.29, 1.82) is 0 Å².